The van der Waals surface area contributed by atoms with Crippen molar-refractivity contribution in [2.75, 3.05) is 18.0 Å². The molecule has 2 N–H and O–H groups in total. The minimum absolute atomic E-state index is 0.0960. The van der Waals surface area contributed by atoms with E-state index in [0.29, 0.717) is 10.1 Å². The molecule has 0 aliphatic carbocycles. The fourth-order valence-corrected chi connectivity index (χ4v) is 3.81. The minimum Gasteiger partial charge on any atom is -0.478 e. The fourth-order valence-electron chi connectivity index (χ4n) is 2.80. The van der Waals surface area contributed by atoms with Gasteiger partial charge in [0.1, 0.15) is 4.88 Å². The third kappa shape index (κ3) is 2.47. The number of aromatic carboxylic acids is 2. The zero-order valence-corrected chi connectivity index (χ0v) is 12.2. The molecule has 1 saturated heterocycles. The number of rotatable bonds is 3. The predicted molar refractivity (Wildman–Crippen MR) is 81.8 cm³/mol. The molecule has 5 nitrogen and oxygen atoms in total. The number of carbonyl (C=O) groups is 2. The van der Waals surface area contributed by atoms with E-state index >= 15 is 0 Å². The molecule has 21 heavy (non-hydrogen) atoms. The molecule has 0 bridgehead atoms. The van der Waals surface area contributed by atoms with Crippen molar-refractivity contribution < 1.29 is 19.8 Å². The number of anilines is 1. The summed E-state index contributed by atoms with van der Waals surface area (Å²) in [5.41, 5.74) is 0.876. The molecule has 0 radical (unpaired) electrons. The molecule has 110 valence electrons. The maximum atomic E-state index is 11.4. The number of nitrogens with zero attached hydrogens (tertiary/aromatic N) is 1. The summed E-state index contributed by atoms with van der Waals surface area (Å²) in [7, 11) is 0. The van der Waals surface area contributed by atoms with E-state index in [4.69, 9.17) is 0 Å². The van der Waals surface area contributed by atoms with E-state index in [-0.39, 0.29) is 10.4 Å². The van der Waals surface area contributed by atoms with Gasteiger partial charge in [-0.2, -0.15) is 0 Å². The molecule has 1 aromatic carbocycles. The molecule has 0 atom stereocenters. The van der Waals surface area contributed by atoms with Gasteiger partial charge in [0.15, 0.2) is 0 Å². The fraction of sp³-hybridized carbons (Fsp3) is 0.333. The summed E-state index contributed by atoms with van der Waals surface area (Å²) in [6, 6.07) is 5.58. The van der Waals surface area contributed by atoms with Crippen molar-refractivity contribution in [3.05, 3.63) is 28.6 Å². The summed E-state index contributed by atoms with van der Waals surface area (Å²) in [6.45, 7) is 1.92. The first-order chi connectivity index (χ1) is 10.1. The molecular formula is C15H15NO4S. The largest absolute Gasteiger partial charge is 0.478 e. The number of fused-ring (bicyclic) bond motifs is 1. The summed E-state index contributed by atoms with van der Waals surface area (Å²) in [5, 5.41) is 19.0. The standard InChI is InChI=1S/C15H15NO4S/c17-14(18)12-10-8-9(16-6-2-1-3-7-16)4-5-11(10)21-13(12)15(19)20/h4-5,8H,1-3,6-7H2,(H,17,18)(H,19,20). The Morgan fingerprint density at radius 1 is 1.05 bits per heavy atom. The highest BCUT2D eigenvalue weighted by atomic mass is 32.1. The van der Waals surface area contributed by atoms with Crippen LogP contribution in [0, 0.1) is 0 Å². The summed E-state index contributed by atoms with van der Waals surface area (Å²) in [5.74, 6) is -2.37. The van der Waals surface area contributed by atoms with Gasteiger partial charge in [-0.25, -0.2) is 9.59 Å². The average molecular weight is 305 g/mol. The van der Waals surface area contributed by atoms with Crippen LogP contribution >= 0.6 is 11.3 Å². The highest BCUT2D eigenvalue weighted by molar-refractivity contribution is 7.21. The van der Waals surface area contributed by atoms with E-state index in [0.717, 1.165) is 43.0 Å². The molecule has 6 heteroatoms. The minimum atomic E-state index is -1.19. The lowest BCUT2D eigenvalue weighted by atomic mass is 10.1. The van der Waals surface area contributed by atoms with Gasteiger partial charge in [0, 0.05) is 28.9 Å². The molecule has 1 aliphatic rings. The number of piperidine rings is 1. The van der Waals surface area contributed by atoms with Crippen LogP contribution in [0.2, 0.25) is 0 Å². The number of thiophene rings is 1. The molecule has 0 spiro atoms. The molecule has 0 saturated carbocycles. The Hall–Kier alpha value is -2.08. The van der Waals surface area contributed by atoms with Gasteiger partial charge in [0.2, 0.25) is 0 Å². The Bertz CT molecular complexity index is 716. The SMILES string of the molecule is O=C(O)c1sc2ccc(N3CCCCC3)cc2c1C(=O)O. The second-order valence-electron chi connectivity index (χ2n) is 5.14. The van der Waals surface area contributed by atoms with Crippen LogP contribution in [0.3, 0.4) is 0 Å². The van der Waals surface area contributed by atoms with Gasteiger partial charge in [-0.3, -0.25) is 0 Å². The smallest absolute Gasteiger partial charge is 0.346 e. The first-order valence-corrected chi connectivity index (χ1v) is 7.67. The van der Waals surface area contributed by atoms with E-state index in [2.05, 4.69) is 4.90 Å². The number of hydrogen-bond donors (Lipinski definition) is 2. The Morgan fingerprint density at radius 3 is 2.38 bits per heavy atom. The van der Waals surface area contributed by atoms with Gasteiger partial charge in [-0.1, -0.05) is 0 Å². The van der Waals surface area contributed by atoms with Crippen molar-refractivity contribution in [2.45, 2.75) is 19.3 Å². The van der Waals surface area contributed by atoms with Crippen LogP contribution in [0.4, 0.5) is 5.69 Å². The summed E-state index contributed by atoms with van der Waals surface area (Å²) in [6.07, 6.45) is 3.49. The summed E-state index contributed by atoms with van der Waals surface area (Å²) < 4.78 is 0.700. The zero-order chi connectivity index (χ0) is 15.0. The van der Waals surface area contributed by atoms with Crippen molar-refractivity contribution in [3.63, 3.8) is 0 Å². The second-order valence-corrected chi connectivity index (χ2v) is 6.20. The van der Waals surface area contributed by atoms with Crippen LogP contribution < -0.4 is 4.90 Å². The van der Waals surface area contributed by atoms with Crippen molar-refractivity contribution in [1.29, 1.82) is 0 Å². The number of benzene rings is 1. The lowest BCUT2D eigenvalue weighted by Crippen LogP contribution is -2.29. The molecular weight excluding hydrogens is 290 g/mol. The topological polar surface area (TPSA) is 77.8 Å². The Morgan fingerprint density at radius 2 is 1.76 bits per heavy atom. The van der Waals surface area contributed by atoms with Gasteiger partial charge >= 0.3 is 11.9 Å². The highest BCUT2D eigenvalue weighted by Crippen LogP contribution is 2.34. The summed E-state index contributed by atoms with van der Waals surface area (Å²) in [4.78, 5) is 24.8. The van der Waals surface area contributed by atoms with Gasteiger partial charge < -0.3 is 15.1 Å². The highest BCUT2D eigenvalue weighted by Gasteiger charge is 2.23. The second kappa shape index (κ2) is 5.37. The quantitative estimate of drug-likeness (QED) is 0.910. The molecule has 1 aromatic heterocycles. The predicted octanol–water partition coefficient (Wildman–Crippen LogP) is 3.29. The maximum absolute atomic E-state index is 11.4. The van der Waals surface area contributed by atoms with Crippen LogP contribution in [0.15, 0.2) is 18.2 Å². The van der Waals surface area contributed by atoms with Crippen LogP contribution in [0.1, 0.15) is 39.3 Å². The van der Waals surface area contributed by atoms with E-state index in [9.17, 15) is 19.8 Å². The first kappa shape index (κ1) is 13.9. The normalized spacial score (nSPS) is 15.3. The van der Waals surface area contributed by atoms with Gasteiger partial charge in [0.05, 0.1) is 5.56 Å². The van der Waals surface area contributed by atoms with Crippen molar-refractivity contribution in [1.82, 2.24) is 0 Å². The van der Waals surface area contributed by atoms with E-state index in [1.807, 2.05) is 18.2 Å². The van der Waals surface area contributed by atoms with Crippen LogP contribution in [0.25, 0.3) is 10.1 Å². The molecule has 2 heterocycles. The van der Waals surface area contributed by atoms with E-state index < -0.39 is 11.9 Å². The van der Waals surface area contributed by atoms with Crippen LogP contribution in [-0.4, -0.2) is 35.2 Å². The molecule has 1 fully saturated rings. The van der Waals surface area contributed by atoms with Gasteiger partial charge in [-0.05, 0) is 37.5 Å². The number of carboxylic acids is 2. The monoisotopic (exact) mass is 305 g/mol. The molecule has 2 aromatic rings. The third-order valence-corrected chi connectivity index (χ3v) is 4.96. The van der Waals surface area contributed by atoms with Crippen molar-refractivity contribution in [2.24, 2.45) is 0 Å². The Kier molecular flexibility index (Phi) is 3.55. The third-order valence-electron chi connectivity index (χ3n) is 3.80. The Labute approximate surface area is 125 Å². The molecule has 0 amide bonds. The van der Waals surface area contributed by atoms with E-state index in [1.165, 1.54) is 6.42 Å². The van der Waals surface area contributed by atoms with E-state index in [1.54, 1.807) is 0 Å². The number of carboxylic acid groups (broad SMARTS) is 2. The zero-order valence-electron chi connectivity index (χ0n) is 11.3. The van der Waals surface area contributed by atoms with Crippen LogP contribution in [0.5, 0.6) is 0 Å². The van der Waals surface area contributed by atoms with Crippen molar-refractivity contribution in [3.8, 4) is 0 Å². The maximum Gasteiger partial charge on any atom is 0.346 e. The number of hydrogen-bond acceptors (Lipinski definition) is 4. The molecule has 3 rings (SSSR count). The lowest BCUT2D eigenvalue weighted by molar-refractivity contribution is 0.0657. The van der Waals surface area contributed by atoms with Crippen molar-refractivity contribution >= 4 is 39.0 Å². The first-order valence-electron chi connectivity index (χ1n) is 6.86. The van der Waals surface area contributed by atoms with Crippen LogP contribution in [-0.2, 0) is 0 Å². The summed E-state index contributed by atoms with van der Waals surface area (Å²) >= 11 is 1.02. The molecule has 0 unspecified atom stereocenters. The average Bonchev–Trinajstić information content (AvgIpc) is 2.87. The lowest BCUT2D eigenvalue weighted by Gasteiger charge is -2.28. The van der Waals surface area contributed by atoms with Gasteiger partial charge in [-0.15, -0.1) is 11.3 Å². The Balaban J connectivity index is 2.13. The molecule has 1 aliphatic heterocycles. The van der Waals surface area contributed by atoms with Gasteiger partial charge in [0.25, 0.3) is 0 Å².